The number of hydrogen-bond donors (Lipinski definition) is 0. The summed E-state index contributed by atoms with van der Waals surface area (Å²) < 4.78 is 0. The van der Waals surface area contributed by atoms with Gasteiger partial charge < -0.3 is 0 Å². The predicted octanol–water partition coefficient (Wildman–Crippen LogP) is 5.24. The van der Waals surface area contributed by atoms with E-state index in [0.29, 0.717) is 11.8 Å². The minimum absolute atomic E-state index is 0.601. The van der Waals surface area contributed by atoms with E-state index >= 15 is 0 Å². The zero-order chi connectivity index (χ0) is 12.1. The minimum Gasteiger partial charge on any atom is -0.0880 e. The smallest absolute Gasteiger partial charge is 0.0247 e. The van der Waals surface area contributed by atoms with Gasteiger partial charge in [0.1, 0.15) is 0 Å². The standard InChI is InChI=1S/C15H21Br/c1-11(2)14-7-5-13(6-8-14)9-15(10-16)12(3)4/h5-9,11-12H,10H2,1-4H3. The van der Waals surface area contributed by atoms with Crippen LogP contribution in [0.1, 0.15) is 44.7 Å². The van der Waals surface area contributed by atoms with E-state index in [4.69, 9.17) is 0 Å². The van der Waals surface area contributed by atoms with Gasteiger partial charge in [0.25, 0.3) is 0 Å². The molecule has 0 unspecified atom stereocenters. The van der Waals surface area contributed by atoms with E-state index in [1.165, 1.54) is 16.7 Å². The molecule has 0 aliphatic carbocycles. The van der Waals surface area contributed by atoms with Gasteiger partial charge in [0, 0.05) is 5.33 Å². The Morgan fingerprint density at radius 3 is 2.06 bits per heavy atom. The van der Waals surface area contributed by atoms with Crippen molar-refractivity contribution in [3.05, 3.63) is 41.0 Å². The van der Waals surface area contributed by atoms with Crippen LogP contribution in [0.3, 0.4) is 0 Å². The molecule has 1 rings (SSSR count). The molecule has 88 valence electrons. The summed E-state index contributed by atoms with van der Waals surface area (Å²) in [5.74, 6) is 1.21. The van der Waals surface area contributed by atoms with Crippen molar-refractivity contribution < 1.29 is 0 Å². The van der Waals surface area contributed by atoms with E-state index in [1.807, 2.05) is 0 Å². The van der Waals surface area contributed by atoms with E-state index in [0.717, 1.165) is 5.33 Å². The van der Waals surface area contributed by atoms with E-state index in [-0.39, 0.29) is 0 Å². The van der Waals surface area contributed by atoms with Crippen LogP contribution in [0, 0.1) is 5.92 Å². The van der Waals surface area contributed by atoms with Gasteiger partial charge in [0.2, 0.25) is 0 Å². The lowest BCUT2D eigenvalue weighted by atomic mass is 9.99. The van der Waals surface area contributed by atoms with Crippen LogP contribution in [0.2, 0.25) is 0 Å². The van der Waals surface area contributed by atoms with Crippen LogP contribution in [0.15, 0.2) is 29.8 Å². The fourth-order valence-electron chi connectivity index (χ4n) is 1.55. The summed E-state index contributed by atoms with van der Waals surface area (Å²) in [6.07, 6.45) is 2.28. The maximum absolute atomic E-state index is 3.54. The molecule has 0 spiro atoms. The van der Waals surface area contributed by atoms with Gasteiger partial charge in [0.15, 0.2) is 0 Å². The molecule has 0 atom stereocenters. The molecule has 1 heteroatoms. The Balaban J connectivity index is 2.89. The van der Waals surface area contributed by atoms with Crippen LogP contribution >= 0.6 is 15.9 Å². The average Bonchev–Trinajstić information content (AvgIpc) is 2.26. The topological polar surface area (TPSA) is 0 Å². The lowest BCUT2D eigenvalue weighted by Crippen LogP contribution is -1.95. The van der Waals surface area contributed by atoms with Gasteiger partial charge in [-0.25, -0.2) is 0 Å². The Labute approximate surface area is 108 Å². The molecule has 0 radical (unpaired) electrons. The number of halogens is 1. The van der Waals surface area contributed by atoms with E-state index in [9.17, 15) is 0 Å². The number of hydrogen-bond acceptors (Lipinski definition) is 0. The molecule has 0 saturated heterocycles. The molecule has 0 aromatic heterocycles. The Bertz CT molecular complexity index is 344. The second kappa shape index (κ2) is 6.24. The first-order chi connectivity index (χ1) is 7.54. The highest BCUT2D eigenvalue weighted by Crippen LogP contribution is 2.19. The molecule has 1 aromatic carbocycles. The van der Waals surface area contributed by atoms with Gasteiger partial charge in [-0.2, -0.15) is 0 Å². The van der Waals surface area contributed by atoms with Crippen molar-refractivity contribution in [3.8, 4) is 0 Å². The second-order valence-corrected chi connectivity index (χ2v) is 5.39. The first kappa shape index (κ1) is 13.5. The Kier molecular flexibility index (Phi) is 5.27. The predicted molar refractivity (Wildman–Crippen MR) is 77.1 cm³/mol. The van der Waals surface area contributed by atoms with Gasteiger partial charge in [0.05, 0.1) is 0 Å². The third-order valence-corrected chi connectivity index (χ3v) is 3.50. The van der Waals surface area contributed by atoms with Crippen molar-refractivity contribution in [1.82, 2.24) is 0 Å². The first-order valence-corrected chi connectivity index (χ1v) is 7.03. The molecule has 0 N–H and O–H groups in total. The summed E-state index contributed by atoms with van der Waals surface area (Å²) in [6.45, 7) is 8.91. The number of allylic oxidation sites excluding steroid dienone is 1. The fourth-order valence-corrected chi connectivity index (χ4v) is 2.36. The molecule has 0 amide bonds. The van der Waals surface area contributed by atoms with E-state index in [2.05, 4.69) is 74.0 Å². The number of benzene rings is 1. The molecule has 0 aliphatic rings. The minimum atomic E-state index is 0.601. The Morgan fingerprint density at radius 2 is 1.69 bits per heavy atom. The van der Waals surface area contributed by atoms with Crippen molar-refractivity contribution >= 4 is 22.0 Å². The molecule has 1 aromatic rings. The summed E-state index contributed by atoms with van der Waals surface area (Å²) in [5.41, 5.74) is 4.15. The lowest BCUT2D eigenvalue weighted by molar-refractivity contribution is 0.781. The van der Waals surface area contributed by atoms with E-state index < -0.39 is 0 Å². The van der Waals surface area contributed by atoms with Crippen LogP contribution in [0.5, 0.6) is 0 Å². The van der Waals surface area contributed by atoms with Crippen molar-refractivity contribution in [2.45, 2.75) is 33.6 Å². The Hall–Kier alpha value is -0.560. The van der Waals surface area contributed by atoms with Crippen LogP contribution in [-0.4, -0.2) is 5.33 Å². The van der Waals surface area contributed by atoms with Gasteiger partial charge in [-0.1, -0.05) is 79.5 Å². The largest absolute Gasteiger partial charge is 0.0880 e. The molecule has 0 nitrogen and oxygen atoms in total. The van der Waals surface area contributed by atoms with Gasteiger partial charge >= 0.3 is 0 Å². The van der Waals surface area contributed by atoms with Crippen LogP contribution in [0.25, 0.3) is 6.08 Å². The highest BCUT2D eigenvalue weighted by atomic mass is 79.9. The third-order valence-electron chi connectivity index (χ3n) is 2.85. The zero-order valence-electron chi connectivity index (χ0n) is 10.6. The maximum Gasteiger partial charge on any atom is 0.0247 e. The molecular formula is C15H21Br. The average molecular weight is 281 g/mol. The fraction of sp³-hybridized carbons (Fsp3) is 0.467. The summed E-state index contributed by atoms with van der Waals surface area (Å²) >= 11 is 3.54. The van der Waals surface area contributed by atoms with Gasteiger partial charge in [-0.15, -0.1) is 0 Å². The van der Waals surface area contributed by atoms with Crippen LogP contribution in [0.4, 0.5) is 0 Å². The first-order valence-electron chi connectivity index (χ1n) is 5.91. The van der Waals surface area contributed by atoms with Crippen LogP contribution < -0.4 is 0 Å². The highest BCUT2D eigenvalue weighted by Gasteiger charge is 2.02. The monoisotopic (exact) mass is 280 g/mol. The number of rotatable bonds is 4. The Morgan fingerprint density at radius 1 is 1.12 bits per heavy atom. The summed E-state index contributed by atoms with van der Waals surface area (Å²) in [7, 11) is 0. The van der Waals surface area contributed by atoms with Gasteiger partial charge in [-0.05, 0) is 23.0 Å². The number of alkyl halides is 1. The summed E-state index contributed by atoms with van der Waals surface area (Å²) in [5, 5.41) is 0.955. The van der Waals surface area contributed by atoms with Crippen molar-refractivity contribution in [3.63, 3.8) is 0 Å². The molecular weight excluding hydrogens is 260 g/mol. The van der Waals surface area contributed by atoms with Crippen molar-refractivity contribution in [2.24, 2.45) is 5.92 Å². The van der Waals surface area contributed by atoms with Gasteiger partial charge in [-0.3, -0.25) is 0 Å². The lowest BCUT2D eigenvalue weighted by Gasteiger charge is -2.09. The SMILES string of the molecule is CC(C)C(=Cc1ccc(C(C)C)cc1)CBr. The summed E-state index contributed by atoms with van der Waals surface area (Å²) in [6, 6.07) is 8.87. The zero-order valence-corrected chi connectivity index (χ0v) is 12.2. The molecule has 0 heterocycles. The maximum atomic E-state index is 3.54. The third kappa shape index (κ3) is 3.79. The molecule has 16 heavy (non-hydrogen) atoms. The second-order valence-electron chi connectivity index (χ2n) is 4.83. The summed E-state index contributed by atoms with van der Waals surface area (Å²) in [4.78, 5) is 0. The van der Waals surface area contributed by atoms with Crippen LogP contribution in [-0.2, 0) is 0 Å². The van der Waals surface area contributed by atoms with E-state index in [1.54, 1.807) is 0 Å². The highest BCUT2D eigenvalue weighted by molar-refractivity contribution is 9.09. The van der Waals surface area contributed by atoms with Crippen molar-refractivity contribution in [2.75, 3.05) is 5.33 Å². The molecule has 0 aliphatic heterocycles. The molecule has 0 saturated carbocycles. The van der Waals surface area contributed by atoms with Crippen molar-refractivity contribution in [1.29, 1.82) is 0 Å². The normalized spacial score (nSPS) is 12.6. The molecule has 0 fully saturated rings. The quantitative estimate of drug-likeness (QED) is 0.662. The molecule has 0 bridgehead atoms.